The molecule has 2 aliphatic rings. The van der Waals surface area contributed by atoms with Gasteiger partial charge in [-0.05, 0) is 32.2 Å². The highest BCUT2D eigenvalue weighted by Gasteiger charge is 2.38. The molecule has 0 saturated carbocycles. The van der Waals surface area contributed by atoms with E-state index in [1.165, 1.54) is 4.31 Å². The molecule has 0 radical (unpaired) electrons. The van der Waals surface area contributed by atoms with Gasteiger partial charge in [-0.1, -0.05) is 6.92 Å². The number of sulfonamides is 1. The van der Waals surface area contributed by atoms with Gasteiger partial charge in [0.25, 0.3) is 0 Å². The van der Waals surface area contributed by atoms with Crippen molar-refractivity contribution in [1.82, 2.24) is 14.9 Å². The number of nitrogens with zero attached hydrogens (tertiary/aromatic N) is 1. The van der Waals surface area contributed by atoms with Gasteiger partial charge in [-0.25, -0.2) is 8.42 Å². The smallest absolute Gasteiger partial charge is 0.238 e. The molecule has 6 nitrogen and oxygen atoms in total. The van der Waals surface area contributed by atoms with Crippen LogP contribution >= 0.6 is 0 Å². The number of nitrogens with one attached hydrogen (secondary N) is 2. The number of hydrogen-bond donors (Lipinski definition) is 2. The second-order valence-electron chi connectivity index (χ2n) is 5.28. The van der Waals surface area contributed by atoms with Crippen molar-refractivity contribution in [3.05, 3.63) is 0 Å². The summed E-state index contributed by atoms with van der Waals surface area (Å²) in [7, 11) is -3.28. The molecule has 0 aliphatic carbocycles. The molecule has 2 fully saturated rings. The van der Waals surface area contributed by atoms with Gasteiger partial charge in [0.2, 0.25) is 15.9 Å². The Morgan fingerprint density at radius 2 is 2.21 bits per heavy atom. The van der Waals surface area contributed by atoms with Crippen LogP contribution in [0.15, 0.2) is 0 Å². The summed E-state index contributed by atoms with van der Waals surface area (Å²) >= 11 is 0. The van der Waals surface area contributed by atoms with E-state index in [1.54, 1.807) is 0 Å². The average Bonchev–Trinajstić information content (AvgIpc) is 2.98. The van der Waals surface area contributed by atoms with Gasteiger partial charge in [0.05, 0.1) is 5.75 Å². The van der Waals surface area contributed by atoms with E-state index in [0.717, 1.165) is 25.9 Å². The van der Waals surface area contributed by atoms with Gasteiger partial charge in [0, 0.05) is 19.1 Å². The molecule has 0 aromatic rings. The predicted molar refractivity (Wildman–Crippen MR) is 73.2 cm³/mol. The van der Waals surface area contributed by atoms with Crippen LogP contribution in [0.2, 0.25) is 0 Å². The van der Waals surface area contributed by atoms with Crippen LogP contribution in [0, 0.1) is 0 Å². The topological polar surface area (TPSA) is 78.5 Å². The van der Waals surface area contributed by atoms with Crippen LogP contribution in [-0.2, 0) is 14.8 Å². The normalized spacial score (nSPS) is 28.7. The first-order valence-electron chi connectivity index (χ1n) is 7.05. The molecule has 0 spiro atoms. The second kappa shape index (κ2) is 6.19. The fourth-order valence-electron chi connectivity index (χ4n) is 2.79. The van der Waals surface area contributed by atoms with E-state index in [4.69, 9.17) is 0 Å². The minimum Gasteiger partial charge on any atom is -0.351 e. The maximum Gasteiger partial charge on any atom is 0.238 e. The number of rotatable bonds is 5. The molecule has 2 rings (SSSR count). The van der Waals surface area contributed by atoms with Gasteiger partial charge in [0.1, 0.15) is 6.04 Å². The van der Waals surface area contributed by atoms with E-state index in [9.17, 15) is 13.2 Å². The number of carbonyl (C=O) groups excluding carboxylic acids is 1. The molecule has 0 aromatic carbocycles. The summed E-state index contributed by atoms with van der Waals surface area (Å²) in [6.45, 7) is 4.00. The first-order chi connectivity index (χ1) is 9.04. The molecule has 2 saturated heterocycles. The summed E-state index contributed by atoms with van der Waals surface area (Å²) in [6, 6.07) is -0.360. The monoisotopic (exact) mass is 289 g/mol. The second-order valence-corrected chi connectivity index (χ2v) is 7.32. The van der Waals surface area contributed by atoms with Crippen LogP contribution < -0.4 is 10.6 Å². The average molecular weight is 289 g/mol. The maximum absolute atomic E-state index is 12.2. The van der Waals surface area contributed by atoms with E-state index in [0.29, 0.717) is 19.4 Å². The summed E-state index contributed by atoms with van der Waals surface area (Å²) in [6.07, 6.45) is 2.90. The van der Waals surface area contributed by atoms with Gasteiger partial charge in [-0.3, -0.25) is 4.79 Å². The minimum atomic E-state index is -3.28. The van der Waals surface area contributed by atoms with E-state index in [-0.39, 0.29) is 17.7 Å². The van der Waals surface area contributed by atoms with Crippen LogP contribution in [0.4, 0.5) is 0 Å². The summed E-state index contributed by atoms with van der Waals surface area (Å²) in [4.78, 5) is 12.2. The standard InChI is InChI=1S/C12H23N3O3S/c1-2-8-19(17,18)15-7-3-4-11(15)12(16)14-10-5-6-13-9-10/h10-11,13H,2-9H2,1H3,(H,14,16). The molecule has 2 atom stereocenters. The zero-order valence-corrected chi connectivity index (χ0v) is 12.2. The third kappa shape index (κ3) is 3.46. The van der Waals surface area contributed by atoms with E-state index in [1.807, 2.05) is 6.92 Å². The molecule has 110 valence electrons. The summed E-state index contributed by atoms with van der Waals surface area (Å²) in [5, 5.41) is 6.14. The van der Waals surface area contributed by atoms with Crippen molar-refractivity contribution in [3.63, 3.8) is 0 Å². The Hall–Kier alpha value is -0.660. The lowest BCUT2D eigenvalue weighted by atomic mass is 10.2. The van der Waals surface area contributed by atoms with Gasteiger partial charge in [-0.2, -0.15) is 4.31 Å². The SMILES string of the molecule is CCCS(=O)(=O)N1CCCC1C(=O)NC1CCNC1. The summed E-state index contributed by atoms with van der Waals surface area (Å²) in [5.41, 5.74) is 0. The quantitative estimate of drug-likeness (QED) is 0.726. The molecule has 19 heavy (non-hydrogen) atoms. The Balaban J connectivity index is 1.99. The number of hydrogen-bond acceptors (Lipinski definition) is 4. The van der Waals surface area contributed by atoms with Crippen LogP contribution in [-0.4, -0.2) is 56.1 Å². The largest absolute Gasteiger partial charge is 0.351 e. The van der Waals surface area contributed by atoms with E-state index >= 15 is 0 Å². The Morgan fingerprint density at radius 1 is 1.42 bits per heavy atom. The Kier molecular flexibility index (Phi) is 4.81. The molecule has 2 aliphatic heterocycles. The molecule has 2 unspecified atom stereocenters. The van der Waals surface area contributed by atoms with Gasteiger partial charge in [-0.15, -0.1) is 0 Å². The van der Waals surface area contributed by atoms with Crippen LogP contribution in [0.25, 0.3) is 0 Å². The third-order valence-corrected chi connectivity index (χ3v) is 5.81. The lowest BCUT2D eigenvalue weighted by Crippen LogP contribution is -2.49. The Bertz CT molecular complexity index is 418. The highest BCUT2D eigenvalue weighted by Crippen LogP contribution is 2.22. The zero-order valence-electron chi connectivity index (χ0n) is 11.4. The minimum absolute atomic E-state index is 0.127. The first kappa shape index (κ1) is 14.7. The molecule has 1 amide bonds. The molecular weight excluding hydrogens is 266 g/mol. The van der Waals surface area contributed by atoms with Crippen LogP contribution in [0.3, 0.4) is 0 Å². The van der Waals surface area contributed by atoms with Crippen molar-refractivity contribution >= 4 is 15.9 Å². The Labute approximate surface area is 115 Å². The molecule has 0 bridgehead atoms. The van der Waals surface area contributed by atoms with Crippen molar-refractivity contribution in [2.45, 2.75) is 44.7 Å². The lowest BCUT2D eigenvalue weighted by molar-refractivity contribution is -0.124. The third-order valence-electron chi connectivity index (χ3n) is 3.73. The molecule has 0 aromatic heterocycles. The van der Waals surface area contributed by atoms with Crippen LogP contribution in [0.5, 0.6) is 0 Å². The maximum atomic E-state index is 12.2. The van der Waals surface area contributed by atoms with Crippen molar-refractivity contribution in [1.29, 1.82) is 0 Å². The number of amides is 1. The molecule has 2 heterocycles. The molecular formula is C12H23N3O3S. The van der Waals surface area contributed by atoms with Crippen molar-refractivity contribution in [2.24, 2.45) is 0 Å². The fourth-order valence-corrected chi connectivity index (χ4v) is 4.53. The summed E-state index contributed by atoms with van der Waals surface area (Å²) < 4.78 is 25.6. The summed E-state index contributed by atoms with van der Waals surface area (Å²) in [5.74, 6) is -0.00670. The predicted octanol–water partition coefficient (Wildman–Crippen LogP) is -0.331. The van der Waals surface area contributed by atoms with E-state index in [2.05, 4.69) is 10.6 Å². The van der Waals surface area contributed by atoms with Gasteiger partial charge < -0.3 is 10.6 Å². The van der Waals surface area contributed by atoms with Gasteiger partial charge in [0.15, 0.2) is 0 Å². The van der Waals surface area contributed by atoms with E-state index < -0.39 is 16.1 Å². The lowest BCUT2D eigenvalue weighted by Gasteiger charge is -2.24. The van der Waals surface area contributed by atoms with Crippen LogP contribution in [0.1, 0.15) is 32.6 Å². The van der Waals surface area contributed by atoms with Crippen molar-refractivity contribution in [3.8, 4) is 0 Å². The highest BCUT2D eigenvalue weighted by atomic mass is 32.2. The van der Waals surface area contributed by atoms with Crippen molar-refractivity contribution in [2.75, 3.05) is 25.4 Å². The van der Waals surface area contributed by atoms with Gasteiger partial charge >= 0.3 is 0 Å². The number of carbonyl (C=O) groups is 1. The molecule has 2 N–H and O–H groups in total. The van der Waals surface area contributed by atoms with Crippen molar-refractivity contribution < 1.29 is 13.2 Å². The first-order valence-corrected chi connectivity index (χ1v) is 8.66. The zero-order chi connectivity index (χ0) is 13.9. The highest BCUT2D eigenvalue weighted by molar-refractivity contribution is 7.89. The molecule has 7 heteroatoms. The fraction of sp³-hybridized carbons (Fsp3) is 0.917. The Morgan fingerprint density at radius 3 is 2.84 bits per heavy atom.